The molecule has 0 aliphatic carbocycles. The lowest BCUT2D eigenvalue weighted by Gasteiger charge is -2.06. The van der Waals surface area contributed by atoms with E-state index in [2.05, 4.69) is 26.2 Å². The number of nitrogens with one attached hydrogen (secondary N) is 1. The van der Waals surface area contributed by atoms with Crippen molar-refractivity contribution in [2.24, 2.45) is 0 Å². The molecule has 0 bridgehead atoms. The van der Waals surface area contributed by atoms with E-state index in [-0.39, 0.29) is 0 Å². The number of hydrogen-bond acceptors (Lipinski definition) is 3. The fraction of sp³-hybridized carbons (Fsp3) is 0.250. The first-order valence-electron chi connectivity index (χ1n) is 5.20. The van der Waals surface area contributed by atoms with Crippen LogP contribution in [0.5, 0.6) is 0 Å². The first kappa shape index (κ1) is 13.0. The molecular weight excluding hydrogens is 320 g/mol. The number of aryl methyl sites for hydroxylation is 1. The maximum absolute atomic E-state index is 6.14. The molecule has 1 aromatic heterocycles. The van der Waals surface area contributed by atoms with Crippen LogP contribution >= 0.6 is 38.9 Å². The van der Waals surface area contributed by atoms with Crippen molar-refractivity contribution >= 4 is 38.9 Å². The van der Waals surface area contributed by atoms with Crippen LogP contribution in [-0.2, 0) is 13.1 Å². The van der Waals surface area contributed by atoms with Gasteiger partial charge in [0.05, 0.1) is 11.2 Å². The van der Waals surface area contributed by atoms with E-state index in [1.54, 1.807) is 11.3 Å². The van der Waals surface area contributed by atoms with E-state index in [4.69, 9.17) is 11.6 Å². The van der Waals surface area contributed by atoms with Gasteiger partial charge < -0.3 is 5.32 Å². The van der Waals surface area contributed by atoms with Crippen LogP contribution in [0.25, 0.3) is 0 Å². The molecule has 0 aliphatic rings. The Morgan fingerprint density at radius 3 is 2.88 bits per heavy atom. The maximum atomic E-state index is 6.14. The second-order valence-corrected chi connectivity index (χ2v) is 5.96. The van der Waals surface area contributed by atoms with Crippen LogP contribution in [0.15, 0.2) is 28.2 Å². The van der Waals surface area contributed by atoms with Gasteiger partial charge in [-0.1, -0.05) is 33.6 Å². The highest BCUT2D eigenvalue weighted by Gasteiger charge is 2.03. The van der Waals surface area contributed by atoms with E-state index < -0.39 is 0 Å². The van der Waals surface area contributed by atoms with Crippen LogP contribution in [0.2, 0.25) is 5.02 Å². The highest BCUT2D eigenvalue weighted by molar-refractivity contribution is 9.10. The van der Waals surface area contributed by atoms with Crippen LogP contribution in [0.1, 0.15) is 16.1 Å². The van der Waals surface area contributed by atoms with E-state index >= 15 is 0 Å². The van der Waals surface area contributed by atoms with Crippen molar-refractivity contribution in [1.29, 1.82) is 0 Å². The van der Waals surface area contributed by atoms with Gasteiger partial charge >= 0.3 is 0 Å². The number of rotatable bonds is 4. The Kier molecular flexibility index (Phi) is 4.56. The molecule has 0 spiro atoms. The average Bonchev–Trinajstić information content (AvgIpc) is 2.68. The largest absolute Gasteiger partial charge is 0.308 e. The standard InChI is InChI=1S/C12H12BrClN2S/c1-8-12(17-7-16-8)6-15-5-9-2-3-10(13)4-11(9)14/h2-4,7,15H,5-6H2,1H3. The minimum Gasteiger partial charge on any atom is -0.308 e. The summed E-state index contributed by atoms with van der Waals surface area (Å²) >= 11 is 11.2. The molecule has 0 saturated carbocycles. The average molecular weight is 332 g/mol. The number of thiazole rings is 1. The van der Waals surface area contributed by atoms with Crippen LogP contribution in [0.3, 0.4) is 0 Å². The Morgan fingerprint density at radius 1 is 1.41 bits per heavy atom. The lowest BCUT2D eigenvalue weighted by molar-refractivity contribution is 0.697. The van der Waals surface area contributed by atoms with Crippen molar-refractivity contribution in [2.45, 2.75) is 20.0 Å². The Balaban J connectivity index is 1.92. The number of halogens is 2. The van der Waals surface area contributed by atoms with E-state index in [0.29, 0.717) is 0 Å². The molecule has 1 N–H and O–H groups in total. The summed E-state index contributed by atoms with van der Waals surface area (Å²) in [6, 6.07) is 5.94. The Bertz CT molecular complexity index is 513. The quantitative estimate of drug-likeness (QED) is 0.910. The molecule has 1 heterocycles. The normalized spacial score (nSPS) is 10.8. The second-order valence-electron chi connectivity index (χ2n) is 3.70. The van der Waals surface area contributed by atoms with Gasteiger partial charge in [-0.05, 0) is 24.6 Å². The van der Waals surface area contributed by atoms with Gasteiger partial charge in [-0.2, -0.15) is 0 Å². The predicted octanol–water partition coefficient (Wildman–Crippen LogP) is 4.16. The molecule has 1 aromatic carbocycles. The molecule has 2 aromatic rings. The summed E-state index contributed by atoms with van der Waals surface area (Å²) in [5, 5.41) is 4.16. The smallest absolute Gasteiger partial charge is 0.0798 e. The van der Waals surface area contributed by atoms with Crippen LogP contribution < -0.4 is 5.32 Å². The molecule has 5 heteroatoms. The summed E-state index contributed by atoms with van der Waals surface area (Å²) < 4.78 is 1.00. The first-order valence-corrected chi connectivity index (χ1v) is 7.25. The number of benzene rings is 1. The SMILES string of the molecule is Cc1ncsc1CNCc1ccc(Br)cc1Cl. The molecule has 0 fully saturated rings. The number of nitrogens with zero attached hydrogens (tertiary/aromatic N) is 1. The van der Waals surface area contributed by atoms with Crippen molar-refractivity contribution in [2.75, 3.05) is 0 Å². The molecule has 0 radical (unpaired) electrons. The van der Waals surface area contributed by atoms with E-state index in [0.717, 1.165) is 33.8 Å². The summed E-state index contributed by atoms with van der Waals surface area (Å²) in [4.78, 5) is 5.49. The predicted molar refractivity (Wildman–Crippen MR) is 76.5 cm³/mol. The lowest BCUT2D eigenvalue weighted by atomic mass is 10.2. The van der Waals surface area contributed by atoms with Gasteiger partial charge in [-0.25, -0.2) is 4.98 Å². The third-order valence-electron chi connectivity index (χ3n) is 2.46. The van der Waals surface area contributed by atoms with Crippen LogP contribution in [0.4, 0.5) is 0 Å². The zero-order chi connectivity index (χ0) is 12.3. The van der Waals surface area contributed by atoms with Crippen LogP contribution in [0, 0.1) is 6.92 Å². The van der Waals surface area contributed by atoms with Crippen molar-refractivity contribution < 1.29 is 0 Å². The summed E-state index contributed by atoms with van der Waals surface area (Å²) in [5.41, 5.74) is 4.08. The molecule has 90 valence electrons. The lowest BCUT2D eigenvalue weighted by Crippen LogP contribution is -2.12. The molecule has 0 atom stereocenters. The molecule has 2 nitrogen and oxygen atoms in total. The van der Waals surface area contributed by atoms with E-state index in [1.807, 2.05) is 30.6 Å². The van der Waals surface area contributed by atoms with Crippen molar-refractivity contribution in [3.63, 3.8) is 0 Å². The summed E-state index contributed by atoms with van der Waals surface area (Å²) in [7, 11) is 0. The minimum atomic E-state index is 0.767. The fourth-order valence-electron chi connectivity index (χ4n) is 1.47. The maximum Gasteiger partial charge on any atom is 0.0798 e. The molecule has 2 rings (SSSR count). The third-order valence-corrected chi connectivity index (χ3v) is 4.24. The molecule has 17 heavy (non-hydrogen) atoms. The highest BCUT2D eigenvalue weighted by Crippen LogP contribution is 2.21. The van der Waals surface area contributed by atoms with Crippen molar-refractivity contribution in [1.82, 2.24) is 10.3 Å². The van der Waals surface area contributed by atoms with Gasteiger partial charge in [-0.15, -0.1) is 11.3 Å². The summed E-state index contributed by atoms with van der Waals surface area (Å²) in [6.45, 7) is 3.63. The van der Waals surface area contributed by atoms with Gasteiger partial charge in [0.25, 0.3) is 0 Å². The molecular formula is C12H12BrClN2S. The van der Waals surface area contributed by atoms with Crippen molar-refractivity contribution in [3.05, 3.63) is 49.3 Å². The minimum absolute atomic E-state index is 0.767. The Labute approximate surface area is 118 Å². The molecule has 0 unspecified atom stereocenters. The molecule has 0 amide bonds. The third kappa shape index (κ3) is 3.52. The summed E-state index contributed by atoms with van der Waals surface area (Å²) in [5.74, 6) is 0. The second kappa shape index (κ2) is 5.96. The molecule has 0 aliphatic heterocycles. The highest BCUT2D eigenvalue weighted by atomic mass is 79.9. The van der Waals surface area contributed by atoms with E-state index in [9.17, 15) is 0 Å². The topological polar surface area (TPSA) is 24.9 Å². The zero-order valence-corrected chi connectivity index (χ0v) is 12.5. The summed E-state index contributed by atoms with van der Waals surface area (Å²) in [6.07, 6.45) is 0. The first-order chi connectivity index (χ1) is 8.16. The fourth-order valence-corrected chi connectivity index (χ4v) is 2.96. The van der Waals surface area contributed by atoms with Gasteiger partial charge in [-0.3, -0.25) is 0 Å². The van der Waals surface area contributed by atoms with Gasteiger partial charge in [0.1, 0.15) is 0 Å². The Hall–Kier alpha value is -0.420. The van der Waals surface area contributed by atoms with Gasteiger partial charge in [0, 0.05) is 27.5 Å². The zero-order valence-electron chi connectivity index (χ0n) is 9.34. The number of aromatic nitrogens is 1. The van der Waals surface area contributed by atoms with E-state index in [1.165, 1.54) is 4.88 Å². The van der Waals surface area contributed by atoms with Gasteiger partial charge in [0.15, 0.2) is 0 Å². The van der Waals surface area contributed by atoms with Crippen LogP contribution in [-0.4, -0.2) is 4.98 Å². The monoisotopic (exact) mass is 330 g/mol. The van der Waals surface area contributed by atoms with Crippen molar-refractivity contribution in [3.8, 4) is 0 Å². The molecule has 0 saturated heterocycles. The number of hydrogen-bond donors (Lipinski definition) is 1. The Morgan fingerprint density at radius 2 is 2.24 bits per heavy atom. The van der Waals surface area contributed by atoms with Gasteiger partial charge in [0.2, 0.25) is 0 Å².